The Morgan fingerprint density at radius 1 is 1.08 bits per heavy atom. The average Bonchev–Trinajstić information content (AvgIpc) is 2.87. The fourth-order valence-corrected chi connectivity index (χ4v) is 5.04. The number of nitro groups is 2. The molecule has 1 aliphatic heterocycles. The Balaban J connectivity index is 1.50. The molecule has 2 aliphatic rings. The third-order valence-corrected chi connectivity index (χ3v) is 6.62. The molecule has 3 atom stereocenters. The lowest BCUT2D eigenvalue weighted by atomic mass is 9.67. The van der Waals surface area contributed by atoms with Gasteiger partial charge < -0.3 is 14.6 Å². The number of nitrogens with one attached hydrogen (secondary N) is 1. The van der Waals surface area contributed by atoms with Crippen LogP contribution in [0.15, 0.2) is 71.8 Å². The monoisotopic (exact) mass is 490 g/mol. The zero-order valence-corrected chi connectivity index (χ0v) is 19.2. The van der Waals surface area contributed by atoms with E-state index in [9.17, 15) is 25.3 Å². The molecule has 3 aromatic rings. The average molecular weight is 490 g/mol. The van der Waals surface area contributed by atoms with Crippen molar-refractivity contribution in [3.63, 3.8) is 0 Å². The van der Waals surface area contributed by atoms with Gasteiger partial charge in [-0.15, -0.1) is 5.10 Å². The van der Waals surface area contributed by atoms with E-state index in [1.165, 1.54) is 6.07 Å². The number of ether oxygens (including phenoxy) is 2. The highest BCUT2D eigenvalue weighted by molar-refractivity contribution is 5.80. The van der Waals surface area contributed by atoms with Gasteiger partial charge in [0.1, 0.15) is 11.4 Å². The number of nitrogens with zero attached hydrogens (tertiary/aromatic N) is 3. The van der Waals surface area contributed by atoms with Gasteiger partial charge in [-0.1, -0.05) is 36.4 Å². The minimum atomic E-state index is -1.61. The van der Waals surface area contributed by atoms with Crippen LogP contribution in [0.1, 0.15) is 35.4 Å². The normalized spacial score (nSPS) is 23.3. The van der Waals surface area contributed by atoms with E-state index in [0.29, 0.717) is 18.4 Å². The van der Waals surface area contributed by atoms with Crippen LogP contribution in [-0.4, -0.2) is 28.0 Å². The minimum Gasteiger partial charge on any atom is -0.497 e. The van der Waals surface area contributed by atoms with Gasteiger partial charge in [-0.2, -0.15) is 0 Å². The number of rotatable bonds is 6. The lowest BCUT2D eigenvalue weighted by molar-refractivity contribution is -0.393. The van der Waals surface area contributed by atoms with E-state index >= 15 is 0 Å². The number of benzene rings is 3. The quantitative estimate of drug-likeness (QED) is 0.374. The Kier molecular flexibility index (Phi) is 5.77. The maximum atomic E-state index is 11.5. The Morgan fingerprint density at radius 3 is 2.53 bits per heavy atom. The second-order valence-corrected chi connectivity index (χ2v) is 8.73. The molecule has 0 aromatic heterocycles. The molecule has 0 spiro atoms. The topological polar surface area (TPSA) is 149 Å². The lowest BCUT2D eigenvalue weighted by Crippen LogP contribution is -2.46. The highest BCUT2D eigenvalue weighted by Crippen LogP contribution is 2.52. The molecule has 1 fully saturated rings. The van der Waals surface area contributed by atoms with E-state index in [0.717, 1.165) is 29.0 Å². The van der Waals surface area contributed by atoms with Gasteiger partial charge in [-0.05, 0) is 35.2 Å². The number of hydrogen-bond donors (Lipinski definition) is 2. The van der Waals surface area contributed by atoms with Crippen LogP contribution in [-0.2, 0) is 10.5 Å². The Labute approximate surface area is 205 Å². The van der Waals surface area contributed by atoms with Gasteiger partial charge >= 0.3 is 5.69 Å². The zero-order chi connectivity index (χ0) is 25.4. The molecule has 1 saturated heterocycles. The van der Waals surface area contributed by atoms with E-state index in [-0.39, 0.29) is 23.4 Å². The van der Waals surface area contributed by atoms with Gasteiger partial charge in [0.2, 0.25) is 11.7 Å². The fraction of sp³-hybridized carbons (Fsp3) is 0.240. The van der Waals surface area contributed by atoms with Gasteiger partial charge in [0, 0.05) is 30.4 Å². The molecule has 0 amide bonds. The highest BCUT2D eigenvalue weighted by atomic mass is 16.6. The summed E-state index contributed by atoms with van der Waals surface area (Å²) in [6.45, 7) is 0. The molecule has 1 heterocycles. The maximum absolute atomic E-state index is 11.5. The molecule has 11 heteroatoms. The molecule has 2 bridgehead atoms. The molecule has 11 nitrogen and oxygen atoms in total. The van der Waals surface area contributed by atoms with Crippen LogP contribution in [0.2, 0.25) is 0 Å². The Bertz CT molecular complexity index is 1380. The van der Waals surface area contributed by atoms with Crippen LogP contribution in [0.5, 0.6) is 5.75 Å². The molecule has 36 heavy (non-hydrogen) atoms. The van der Waals surface area contributed by atoms with E-state index in [1.54, 1.807) is 7.11 Å². The number of hydrazone groups is 1. The van der Waals surface area contributed by atoms with Crippen molar-refractivity contribution >= 4 is 23.0 Å². The van der Waals surface area contributed by atoms with E-state index in [2.05, 4.69) is 10.5 Å². The fourth-order valence-electron chi connectivity index (χ4n) is 5.04. The van der Waals surface area contributed by atoms with Crippen LogP contribution in [0.25, 0.3) is 0 Å². The van der Waals surface area contributed by atoms with E-state index in [4.69, 9.17) is 9.47 Å². The predicted molar refractivity (Wildman–Crippen MR) is 130 cm³/mol. The third-order valence-electron chi connectivity index (χ3n) is 6.62. The van der Waals surface area contributed by atoms with Crippen LogP contribution in [0.3, 0.4) is 0 Å². The Morgan fingerprint density at radius 2 is 1.83 bits per heavy atom. The van der Waals surface area contributed by atoms with Crippen molar-refractivity contribution in [1.29, 1.82) is 0 Å². The van der Waals surface area contributed by atoms with Gasteiger partial charge in [-0.3, -0.25) is 25.7 Å². The number of nitro benzene ring substituents is 2. The van der Waals surface area contributed by atoms with Crippen LogP contribution < -0.4 is 10.2 Å². The molecule has 3 aromatic carbocycles. The summed E-state index contributed by atoms with van der Waals surface area (Å²) in [7, 11) is 1.61. The number of non-ortho nitro benzene ring substituents is 1. The second kappa shape index (κ2) is 8.93. The number of methoxy groups -OCH3 is 1. The summed E-state index contributed by atoms with van der Waals surface area (Å²) in [5.74, 6) is -0.809. The molecule has 184 valence electrons. The van der Waals surface area contributed by atoms with Crippen molar-refractivity contribution in [2.24, 2.45) is 11.0 Å². The van der Waals surface area contributed by atoms with Crippen molar-refractivity contribution in [2.75, 3.05) is 12.5 Å². The van der Waals surface area contributed by atoms with Crippen molar-refractivity contribution < 1.29 is 24.4 Å². The number of hydrogen-bond acceptors (Lipinski definition) is 9. The zero-order valence-electron chi connectivity index (χ0n) is 19.2. The van der Waals surface area contributed by atoms with Gasteiger partial charge in [0.05, 0.1) is 23.0 Å². The minimum absolute atomic E-state index is 0.0310. The second-order valence-electron chi connectivity index (χ2n) is 8.73. The number of anilines is 1. The maximum Gasteiger partial charge on any atom is 0.301 e. The molecule has 2 N–H and O–H groups in total. The molecule has 0 radical (unpaired) electrons. The van der Waals surface area contributed by atoms with E-state index < -0.39 is 27.0 Å². The summed E-state index contributed by atoms with van der Waals surface area (Å²) in [6.07, 6.45) is 0.707. The van der Waals surface area contributed by atoms with Gasteiger partial charge in [0.25, 0.3) is 5.69 Å². The van der Waals surface area contributed by atoms with Crippen LogP contribution >= 0.6 is 0 Å². The van der Waals surface area contributed by atoms with Crippen molar-refractivity contribution in [3.05, 3.63) is 104 Å². The number of fused-ring (bicyclic) bond motifs is 4. The first-order valence-corrected chi connectivity index (χ1v) is 11.2. The smallest absolute Gasteiger partial charge is 0.301 e. The summed E-state index contributed by atoms with van der Waals surface area (Å²) in [4.78, 5) is 21.0. The predicted octanol–water partition coefficient (Wildman–Crippen LogP) is 4.65. The molecular weight excluding hydrogens is 468 g/mol. The van der Waals surface area contributed by atoms with Crippen molar-refractivity contribution in [2.45, 2.75) is 24.5 Å². The molecule has 5 rings (SSSR count). The Hall–Kier alpha value is -4.51. The van der Waals surface area contributed by atoms with Crippen molar-refractivity contribution in [1.82, 2.24) is 0 Å². The number of aliphatic hydroxyl groups is 1. The first-order valence-electron chi connectivity index (χ1n) is 11.2. The standard InChI is InChI=1S/C25H22N4O7/c1-35-18-9-6-15(7-10-18)24-16-12-23(36-25(30,14-16)20-5-3-2-4-19(20)24)27-26-21-11-8-17(28(31)32)13-22(21)29(33)34/h2-11,13,16,24,26,30H,12,14H2,1H3/b27-23+. The molecule has 0 saturated carbocycles. The lowest BCUT2D eigenvalue weighted by Gasteiger charge is -2.46. The van der Waals surface area contributed by atoms with E-state index in [1.807, 2.05) is 48.5 Å². The van der Waals surface area contributed by atoms with Gasteiger partial charge in [0.15, 0.2) is 0 Å². The molecular formula is C25H22N4O7. The summed E-state index contributed by atoms with van der Waals surface area (Å²) >= 11 is 0. The highest BCUT2D eigenvalue weighted by Gasteiger charge is 2.50. The summed E-state index contributed by atoms with van der Waals surface area (Å²) in [5, 5.41) is 38.2. The summed E-state index contributed by atoms with van der Waals surface area (Å²) < 4.78 is 11.2. The van der Waals surface area contributed by atoms with Crippen LogP contribution in [0, 0.1) is 26.1 Å². The SMILES string of the molecule is COc1ccc(C2c3ccccc3C3(O)CC2C/C(=N\Nc2ccc([N+](=O)[O-])cc2[N+](=O)[O-])O3)cc1. The molecule has 3 unspecified atom stereocenters. The van der Waals surface area contributed by atoms with Gasteiger partial charge in [-0.25, -0.2) is 0 Å². The first kappa shape index (κ1) is 23.2. The summed E-state index contributed by atoms with van der Waals surface area (Å²) in [6, 6.07) is 18.5. The third kappa shape index (κ3) is 4.09. The van der Waals surface area contributed by atoms with Crippen LogP contribution in [0.4, 0.5) is 17.1 Å². The summed E-state index contributed by atoms with van der Waals surface area (Å²) in [5.41, 5.74) is 4.31. The molecule has 1 aliphatic carbocycles. The van der Waals surface area contributed by atoms with Crippen molar-refractivity contribution in [3.8, 4) is 5.75 Å². The largest absolute Gasteiger partial charge is 0.497 e. The first-order chi connectivity index (χ1) is 17.3.